The predicted octanol–water partition coefficient (Wildman–Crippen LogP) is 3.77. The van der Waals surface area contributed by atoms with Crippen molar-refractivity contribution in [2.45, 2.75) is 36.0 Å². The Morgan fingerprint density at radius 3 is 2.53 bits per heavy atom. The molecule has 1 saturated carbocycles. The molecule has 0 bridgehead atoms. The SMILES string of the molecule is C=C(C)[C@H]1CCC(=C)[C@H](NC(=O)C(Cl)(Cl)Cl)C1. The summed E-state index contributed by atoms with van der Waals surface area (Å²) in [5.41, 5.74) is 2.09. The van der Waals surface area contributed by atoms with Crippen LogP contribution in [0, 0.1) is 5.92 Å². The van der Waals surface area contributed by atoms with Crippen LogP contribution in [0.2, 0.25) is 0 Å². The third-order valence-electron chi connectivity index (χ3n) is 3.09. The molecule has 17 heavy (non-hydrogen) atoms. The lowest BCUT2D eigenvalue weighted by molar-refractivity contribution is -0.120. The Hall–Kier alpha value is -0.180. The summed E-state index contributed by atoms with van der Waals surface area (Å²) in [4.78, 5) is 11.6. The molecule has 0 saturated heterocycles. The molecule has 0 aromatic carbocycles. The second kappa shape index (κ2) is 5.64. The van der Waals surface area contributed by atoms with E-state index in [0.717, 1.165) is 30.4 Å². The second-order valence-electron chi connectivity index (χ2n) is 4.50. The monoisotopic (exact) mass is 295 g/mol. The first kappa shape index (κ1) is 14.9. The van der Waals surface area contributed by atoms with Crippen molar-refractivity contribution in [1.82, 2.24) is 5.32 Å². The quantitative estimate of drug-likeness (QED) is 0.610. The number of amides is 1. The smallest absolute Gasteiger partial charge is 0.272 e. The number of nitrogens with one attached hydrogen (secondary N) is 1. The fourth-order valence-electron chi connectivity index (χ4n) is 1.95. The molecule has 1 amide bonds. The largest absolute Gasteiger partial charge is 0.346 e. The number of alkyl halides is 3. The Kier molecular flexibility index (Phi) is 4.94. The van der Waals surface area contributed by atoms with Gasteiger partial charge in [0.1, 0.15) is 0 Å². The molecule has 1 aliphatic carbocycles. The molecule has 96 valence electrons. The Bertz CT molecular complexity index is 346. The molecule has 0 radical (unpaired) electrons. The number of carbonyl (C=O) groups is 1. The zero-order chi connectivity index (χ0) is 13.2. The van der Waals surface area contributed by atoms with Crippen molar-refractivity contribution >= 4 is 40.7 Å². The van der Waals surface area contributed by atoms with Gasteiger partial charge in [-0.15, -0.1) is 0 Å². The van der Waals surface area contributed by atoms with Crippen molar-refractivity contribution in [2.75, 3.05) is 0 Å². The summed E-state index contributed by atoms with van der Waals surface area (Å²) in [6, 6.07) is -0.131. The van der Waals surface area contributed by atoms with Crippen LogP contribution in [0.4, 0.5) is 0 Å². The molecule has 0 aromatic rings. The highest BCUT2D eigenvalue weighted by Crippen LogP contribution is 2.33. The van der Waals surface area contributed by atoms with Gasteiger partial charge in [0.15, 0.2) is 0 Å². The number of rotatable bonds is 2. The number of carbonyl (C=O) groups excluding carboxylic acids is 1. The summed E-state index contributed by atoms with van der Waals surface area (Å²) in [5.74, 6) is -0.211. The van der Waals surface area contributed by atoms with Crippen molar-refractivity contribution in [3.8, 4) is 0 Å². The lowest BCUT2D eigenvalue weighted by atomic mass is 9.80. The zero-order valence-electron chi connectivity index (χ0n) is 9.73. The fraction of sp³-hybridized carbons (Fsp3) is 0.583. The van der Waals surface area contributed by atoms with Crippen LogP contribution in [0.3, 0.4) is 0 Å². The van der Waals surface area contributed by atoms with Crippen LogP contribution >= 0.6 is 34.8 Å². The fourth-order valence-corrected chi connectivity index (χ4v) is 2.12. The highest BCUT2D eigenvalue weighted by atomic mass is 35.6. The zero-order valence-corrected chi connectivity index (χ0v) is 12.0. The van der Waals surface area contributed by atoms with Gasteiger partial charge < -0.3 is 5.32 Å². The molecule has 2 nitrogen and oxygen atoms in total. The molecule has 1 aliphatic rings. The van der Waals surface area contributed by atoms with Crippen molar-refractivity contribution in [3.05, 3.63) is 24.3 Å². The van der Waals surface area contributed by atoms with E-state index in [2.05, 4.69) is 18.5 Å². The van der Waals surface area contributed by atoms with E-state index >= 15 is 0 Å². The van der Waals surface area contributed by atoms with Crippen molar-refractivity contribution < 1.29 is 4.79 Å². The summed E-state index contributed by atoms with van der Waals surface area (Å²) in [6.07, 6.45) is 2.66. The first-order valence-corrected chi connectivity index (χ1v) is 6.56. The van der Waals surface area contributed by atoms with Crippen LogP contribution in [0.25, 0.3) is 0 Å². The first-order valence-electron chi connectivity index (χ1n) is 5.42. The molecular weight excluding hydrogens is 280 g/mol. The van der Waals surface area contributed by atoms with Gasteiger partial charge in [0, 0.05) is 0 Å². The Labute approximate surface area is 117 Å². The van der Waals surface area contributed by atoms with Gasteiger partial charge in [-0.3, -0.25) is 4.79 Å². The Morgan fingerprint density at radius 1 is 1.47 bits per heavy atom. The average Bonchev–Trinajstić information content (AvgIpc) is 2.19. The highest BCUT2D eigenvalue weighted by molar-refractivity contribution is 6.76. The van der Waals surface area contributed by atoms with Gasteiger partial charge >= 0.3 is 0 Å². The highest BCUT2D eigenvalue weighted by Gasteiger charge is 2.34. The average molecular weight is 297 g/mol. The van der Waals surface area contributed by atoms with E-state index in [9.17, 15) is 4.79 Å². The van der Waals surface area contributed by atoms with Crippen molar-refractivity contribution in [3.63, 3.8) is 0 Å². The maximum absolute atomic E-state index is 11.6. The maximum atomic E-state index is 11.6. The van der Waals surface area contributed by atoms with E-state index in [4.69, 9.17) is 34.8 Å². The predicted molar refractivity (Wildman–Crippen MR) is 73.5 cm³/mol. The molecule has 0 spiro atoms. The minimum absolute atomic E-state index is 0.131. The maximum Gasteiger partial charge on any atom is 0.272 e. The van der Waals surface area contributed by atoms with E-state index in [1.54, 1.807) is 0 Å². The first-order chi connectivity index (χ1) is 7.71. The van der Waals surface area contributed by atoms with Crippen LogP contribution in [-0.4, -0.2) is 15.7 Å². The normalized spacial score (nSPS) is 25.5. The molecule has 1 N–H and O–H groups in total. The Balaban J connectivity index is 2.66. The number of hydrogen-bond acceptors (Lipinski definition) is 1. The van der Waals surface area contributed by atoms with Gasteiger partial charge in [0.05, 0.1) is 6.04 Å². The van der Waals surface area contributed by atoms with Gasteiger partial charge in [-0.2, -0.15) is 0 Å². The second-order valence-corrected chi connectivity index (χ2v) is 6.78. The van der Waals surface area contributed by atoms with Crippen molar-refractivity contribution in [2.24, 2.45) is 5.92 Å². The lowest BCUT2D eigenvalue weighted by Crippen LogP contribution is -2.44. The summed E-state index contributed by atoms with van der Waals surface area (Å²) in [7, 11) is 0. The van der Waals surface area contributed by atoms with E-state index in [1.807, 2.05) is 6.92 Å². The number of halogens is 3. The summed E-state index contributed by atoms with van der Waals surface area (Å²) in [5, 5.41) is 2.72. The molecule has 0 aromatic heterocycles. The van der Waals surface area contributed by atoms with Gasteiger partial charge in [-0.1, -0.05) is 59.1 Å². The number of allylic oxidation sites excluding steroid dienone is 1. The topological polar surface area (TPSA) is 29.1 Å². The molecular formula is C12H16Cl3NO. The minimum atomic E-state index is -1.92. The summed E-state index contributed by atoms with van der Waals surface area (Å²) in [6.45, 7) is 9.89. The van der Waals surface area contributed by atoms with Crippen LogP contribution in [0.1, 0.15) is 26.2 Å². The van der Waals surface area contributed by atoms with Gasteiger partial charge in [-0.05, 0) is 32.1 Å². The molecule has 5 heteroatoms. The molecule has 2 atom stereocenters. The van der Waals surface area contributed by atoms with Crippen LogP contribution in [0.5, 0.6) is 0 Å². The molecule has 1 fully saturated rings. The Morgan fingerprint density at radius 2 is 2.06 bits per heavy atom. The molecule has 1 rings (SSSR count). The standard InChI is InChI=1S/C12H16Cl3NO/c1-7(2)9-5-4-8(3)10(6-9)16-11(17)12(13,14)15/h9-10H,1,3-6H2,2H3,(H,16,17)/t9-,10+/m0/s1. The summed E-state index contributed by atoms with van der Waals surface area (Å²) >= 11 is 16.6. The van der Waals surface area contributed by atoms with E-state index in [1.165, 1.54) is 0 Å². The van der Waals surface area contributed by atoms with E-state index in [0.29, 0.717) is 5.92 Å². The van der Waals surface area contributed by atoms with Crippen LogP contribution in [-0.2, 0) is 4.79 Å². The molecule has 0 unspecified atom stereocenters. The van der Waals surface area contributed by atoms with E-state index < -0.39 is 9.70 Å². The van der Waals surface area contributed by atoms with Crippen molar-refractivity contribution in [1.29, 1.82) is 0 Å². The van der Waals surface area contributed by atoms with Gasteiger partial charge in [-0.25, -0.2) is 0 Å². The van der Waals surface area contributed by atoms with Crippen LogP contribution < -0.4 is 5.32 Å². The van der Waals surface area contributed by atoms with E-state index in [-0.39, 0.29) is 6.04 Å². The van der Waals surface area contributed by atoms with Gasteiger partial charge in [0.25, 0.3) is 9.70 Å². The summed E-state index contributed by atoms with van der Waals surface area (Å²) < 4.78 is -1.92. The molecule has 0 heterocycles. The molecule has 0 aliphatic heterocycles. The third kappa shape index (κ3) is 4.20. The number of hydrogen-bond donors (Lipinski definition) is 1. The third-order valence-corrected chi connectivity index (χ3v) is 3.60. The minimum Gasteiger partial charge on any atom is -0.346 e. The van der Waals surface area contributed by atoms with Crippen LogP contribution in [0.15, 0.2) is 24.3 Å². The lowest BCUT2D eigenvalue weighted by Gasteiger charge is -2.32. The van der Waals surface area contributed by atoms with Gasteiger partial charge in [0.2, 0.25) is 0 Å².